The molecule has 0 N–H and O–H groups in total. The summed E-state index contributed by atoms with van der Waals surface area (Å²) in [5.74, 6) is 0. The van der Waals surface area contributed by atoms with E-state index >= 15 is 0 Å². The van der Waals surface area contributed by atoms with E-state index in [4.69, 9.17) is 4.74 Å². The van der Waals surface area contributed by atoms with Gasteiger partial charge in [0, 0.05) is 30.4 Å². The average molecular weight is 325 g/mol. The third-order valence-electron chi connectivity index (χ3n) is 3.98. The first-order chi connectivity index (χ1) is 11.6. The molecule has 1 saturated heterocycles. The Balaban J connectivity index is 1.96. The molecular weight excluding hydrogens is 306 g/mol. The molecule has 3 heterocycles. The Morgan fingerprint density at radius 1 is 1.08 bits per heavy atom. The van der Waals surface area contributed by atoms with Gasteiger partial charge in [-0.2, -0.15) is 0 Å². The van der Waals surface area contributed by atoms with Gasteiger partial charge in [-0.05, 0) is 32.0 Å². The number of anilines is 1. The van der Waals surface area contributed by atoms with Crippen molar-refractivity contribution >= 4 is 18.3 Å². The monoisotopic (exact) mass is 325 g/mol. The van der Waals surface area contributed by atoms with Crippen LogP contribution in [0.3, 0.4) is 0 Å². The van der Waals surface area contributed by atoms with Crippen molar-refractivity contribution in [3.8, 4) is 11.4 Å². The summed E-state index contributed by atoms with van der Waals surface area (Å²) in [5, 5.41) is 0. The number of carbonyl (C=O) groups is 2. The van der Waals surface area contributed by atoms with Gasteiger partial charge in [0.25, 0.3) is 0 Å². The highest BCUT2D eigenvalue weighted by Gasteiger charge is 2.24. The van der Waals surface area contributed by atoms with Crippen LogP contribution in [0, 0.1) is 0 Å². The first kappa shape index (κ1) is 16.3. The Bertz CT molecular complexity index is 753. The molecule has 0 spiro atoms. The number of hydrogen-bond acceptors (Lipinski definition) is 6. The average Bonchev–Trinajstić information content (AvgIpc) is 2.60. The predicted molar refractivity (Wildman–Crippen MR) is 90.5 cm³/mol. The zero-order chi connectivity index (χ0) is 17.1. The molecule has 0 aliphatic carbocycles. The minimum atomic E-state index is 0.0962. The van der Waals surface area contributed by atoms with Crippen LogP contribution in [0.25, 0.3) is 11.4 Å². The van der Waals surface area contributed by atoms with Crippen molar-refractivity contribution in [1.29, 1.82) is 0 Å². The number of nitrogens with zero attached hydrogens (tertiary/aromatic N) is 3. The minimum Gasteiger partial charge on any atom is -0.372 e. The number of rotatable bonds is 4. The van der Waals surface area contributed by atoms with Gasteiger partial charge in [0.1, 0.15) is 6.29 Å². The third-order valence-corrected chi connectivity index (χ3v) is 3.98. The summed E-state index contributed by atoms with van der Waals surface area (Å²) < 4.78 is 5.74. The summed E-state index contributed by atoms with van der Waals surface area (Å²) in [6.07, 6.45) is 5.03. The molecule has 2 unspecified atom stereocenters. The van der Waals surface area contributed by atoms with E-state index in [1.807, 2.05) is 13.8 Å². The fourth-order valence-corrected chi connectivity index (χ4v) is 3.00. The lowest BCUT2D eigenvalue weighted by molar-refractivity contribution is -0.00527. The van der Waals surface area contributed by atoms with Gasteiger partial charge in [-0.15, -0.1) is 0 Å². The molecule has 6 heteroatoms. The Morgan fingerprint density at radius 2 is 1.79 bits per heavy atom. The molecule has 1 aliphatic rings. The summed E-state index contributed by atoms with van der Waals surface area (Å²) in [4.78, 5) is 33.3. The number of carbonyl (C=O) groups excluding carboxylic acids is 2. The van der Waals surface area contributed by atoms with Crippen LogP contribution in [-0.4, -0.2) is 47.8 Å². The maximum absolute atomic E-state index is 11.6. The van der Waals surface area contributed by atoms with Crippen LogP contribution in [0.5, 0.6) is 0 Å². The molecule has 124 valence electrons. The van der Waals surface area contributed by atoms with Crippen LogP contribution >= 0.6 is 0 Å². The summed E-state index contributed by atoms with van der Waals surface area (Å²) in [5.41, 5.74) is 3.01. The van der Waals surface area contributed by atoms with Crippen LogP contribution in [-0.2, 0) is 4.74 Å². The number of ether oxygens (including phenoxy) is 1. The Morgan fingerprint density at radius 3 is 2.46 bits per heavy atom. The van der Waals surface area contributed by atoms with Gasteiger partial charge in [0.15, 0.2) is 6.29 Å². The molecule has 24 heavy (non-hydrogen) atoms. The molecular formula is C18H19N3O3. The highest BCUT2D eigenvalue weighted by atomic mass is 16.5. The lowest BCUT2D eigenvalue weighted by atomic mass is 10.1. The second-order valence-electron chi connectivity index (χ2n) is 6.00. The van der Waals surface area contributed by atoms with Crippen LogP contribution in [0.2, 0.25) is 0 Å². The van der Waals surface area contributed by atoms with Crippen LogP contribution in [0.15, 0.2) is 30.6 Å². The molecule has 6 nitrogen and oxygen atoms in total. The van der Waals surface area contributed by atoms with Crippen molar-refractivity contribution in [3.63, 3.8) is 0 Å². The van der Waals surface area contributed by atoms with Gasteiger partial charge in [0.05, 0.1) is 35.5 Å². The molecule has 1 fully saturated rings. The minimum absolute atomic E-state index is 0.0962. The van der Waals surface area contributed by atoms with Crippen LogP contribution < -0.4 is 4.90 Å². The first-order valence-corrected chi connectivity index (χ1v) is 7.88. The quantitative estimate of drug-likeness (QED) is 0.804. The van der Waals surface area contributed by atoms with Crippen LogP contribution in [0.1, 0.15) is 34.6 Å². The molecule has 0 bridgehead atoms. The van der Waals surface area contributed by atoms with E-state index in [9.17, 15) is 9.59 Å². The highest BCUT2D eigenvalue weighted by Crippen LogP contribution is 2.26. The molecule has 0 saturated carbocycles. The molecule has 0 radical (unpaired) electrons. The lowest BCUT2D eigenvalue weighted by Crippen LogP contribution is -2.45. The number of pyridine rings is 2. The SMILES string of the molecule is CC1CN(c2cnc(-c3cc(C=O)ccn3)cc2C=O)CC(C)O1. The second-order valence-corrected chi connectivity index (χ2v) is 6.00. The van der Waals surface area contributed by atoms with Crippen molar-refractivity contribution in [3.05, 3.63) is 41.7 Å². The Kier molecular flexibility index (Phi) is 4.66. The van der Waals surface area contributed by atoms with Gasteiger partial charge >= 0.3 is 0 Å². The first-order valence-electron chi connectivity index (χ1n) is 7.88. The molecule has 0 amide bonds. The van der Waals surface area contributed by atoms with E-state index in [2.05, 4.69) is 14.9 Å². The van der Waals surface area contributed by atoms with Gasteiger partial charge in [-0.3, -0.25) is 19.6 Å². The zero-order valence-corrected chi connectivity index (χ0v) is 13.7. The van der Waals surface area contributed by atoms with Crippen molar-refractivity contribution < 1.29 is 14.3 Å². The summed E-state index contributed by atoms with van der Waals surface area (Å²) in [7, 11) is 0. The second kappa shape index (κ2) is 6.88. The number of hydrogen-bond donors (Lipinski definition) is 0. The van der Waals surface area contributed by atoms with E-state index in [1.165, 1.54) is 0 Å². The van der Waals surface area contributed by atoms with E-state index < -0.39 is 0 Å². The standard InChI is InChI=1S/C18H19N3O3/c1-12-8-21(9-13(2)24-12)18-7-20-17(6-15(18)11-23)16-5-14(10-22)3-4-19-16/h3-7,10-13H,8-9H2,1-2H3. The maximum Gasteiger partial charge on any atom is 0.152 e. The van der Waals surface area contributed by atoms with Crippen molar-refractivity contribution in [2.75, 3.05) is 18.0 Å². The molecule has 2 aromatic heterocycles. The van der Waals surface area contributed by atoms with E-state index in [0.29, 0.717) is 35.6 Å². The van der Waals surface area contributed by atoms with Gasteiger partial charge in [-0.25, -0.2) is 0 Å². The number of aldehydes is 2. The highest BCUT2D eigenvalue weighted by molar-refractivity contribution is 5.86. The normalized spacial score (nSPS) is 20.7. The molecule has 3 rings (SSSR count). The molecule has 0 aromatic carbocycles. The lowest BCUT2D eigenvalue weighted by Gasteiger charge is -2.37. The third kappa shape index (κ3) is 3.33. The molecule has 2 atom stereocenters. The number of morpholine rings is 1. The summed E-state index contributed by atoms with van der Waals surface area (Å²) in [6.45, 7) is 5.45. The van der Waals surface area contributed by atoms with Crippen molar-refractivity contribution in [1.82, 2.24) is 9.97 Å². The predicted octanol–water partition coefficient (Wildman–Crippen LogP) is 2.38. The Labute approximate surface area is 140 Å². The topological polar surface area (TPSA) is 72.4 Å². The fraction of sp³-hybridized carbons (Fsp3) is 0.333. The number of aromatic nitrogens is 2. The van der Waals surface area contributed by atoms with E-state index in [-0.39, 0.29) is 12.2 Å². The maximum atomic E-state index is 11.6. The van der Waals surface area contributed by atoms with E-state index in [1.54, 1.807) is 30.6 Å². The Hall–Kier alpha value is -2.60. The molecule has 2 aromatic rings. The smallest absolute Gasteiger partial charge is 0.152 e. The van der Waals surface area contributed by atoms with Crippen molar-refractivity contribution in [2.24, 2.45) is 0 Å². The largest absolute Gasteiger partial charge is 0.372 e. The van der Waals surface area contributed by atoms with Gasteiger partial charge in [0.2, 0.25) is 0 Å². The summed E-state index contributed by atoms with van der Waals surface area (Å²) in [6, 6.07) is 4.99. The van der Waals surface area contributed by atoms with Gasteiger partial charge in [-0.1, -0.05) is 0 Å². The summed E-state index contributed by atoms with van der Waals surface area (Å²) >= 11 is 0. The molecule has 1 aliphatic heterocycles. The zero-order valence-electron chi connectivity index (χ0n) is 13.7. The fourth-order valence-electron chi connectivity index (χ4n) is 3.00. The van der Waals surface area contributed by atoms with Crippen LogP contribution in [0.4, 0.5) is 5.69 Å². The van der Waals surface area contributed by atoms with Crippen molar-refractivity contribution in [2.45, 2.75) is 26.1 Å². The van der Waals surface area contributed by atoms with Gasteiger partial charge < -0.3 is 9.64 Å². The van der Waals surface area contributed by atoms with E-state index in [0.717, 1.165) is 18.3 Å².